The fourth-order valence-electron chi connectivity index (χ4n) is 3.56. The lowest BCUT2D eigenvalue weighted by Gasteiger charge is -2.34. The highest BCUT2D eigenvalue weighted by molar-refractivity contribution is 7.87. The van der Waals surface area contributed by atoms with Crippen LogP contribution < -0.4 is 10.5 Å². The maximum absolute atomic E-state index is 14.7. The highest BCUT2D eigenvalue weighted by Gasteiger charge is 2.39. The zero-order valence-corrected chi connectivity index (χ0v) is 19.0. The van der Waals surface area contributed by atoms with E-state index in [0.717, 1.165) is 5.56 Å². The van der Waals surface area contributed by atoms with Gasteiger partial charge in [0.25, 0.3) is 10.2 Å². The second-order valence-corrected chi connectivity index (χ2v) is 10.8. The summed E-state index contributed by atoms with van der Waals surface area (Å²) in [5.74, 6) is -2.23. The van der Waals surface area contributed by atoms with Crippen LogP contribution in [0.2, 0.25) is 0 Å². The summed E-state index contributed by atoms with van der Waals surface area (Å²) in [6, 6.07) is 1.85. The Morgan fingerprint density at radius 1 is 1.30 bits per heavy atom. The van der Waals surface area contributed by atoms with Gasteiger partial charge in [-0.2, -0.15) is 17.4 Å². The van der Waals surface area contributed by atoms with Gasteiger partial charge in [0.1, 0.15) is 16.2 Å². The molecule has 1 aliphatic heterocycles. The van der Waals surface area contributed by atoms with E-state index in [1.54, 1.807) is 19.9 Å². The lowest BCUT2D eigenvalue weighted by molar-refractivity contribution is 0.317. The van der Waals surface area contributed by atoms with Crippen LogP contribution in [-0.2, 0) is 10.2 Å². The zero-order valence-electron chi connectivity index (χ0n) is 16.7. The lowest BCUT2D eigenvalue weighted by Crippen LogP contribution is -2.48. The summed E-state index contributed by atoms with van der Waals surface area (Å²) in [6.07, 6.45) is 0.528. The van der Waals surface area contributed by atoms with Gasteiger partial charge in [0.15, 0.2) is 0 Å². The second-order valence-electron chi connectivity index (χ2n) is 7.50. The first-order valence-electron chi connectivity index (χ1n) is 9.37. The molecular formula is C18H23Cl2FN4O4S. The predicted octanol–water partition coefficient (Wildman–Crippen LogP) is 3.07. The minimum Gasteiger partial charge on any atom is -0.391 e. The largest absolute Gasteiger partial charge is 0.434 e. The molecule has 2 N–H and O–H groups in total. The van der Waals surface area contributed by atoms with Crippen LogP contribution in [0, 0.1) is 19.7 Å². The summed E-state index contributed by atoms with van der Waals surface area (Å²) in [5, 5.41) is 5.91. The molecule has 0 amide bonds. The van der Waals surface area contributed by atoms with Crippen molar-refractivity contribution in [1.29, 1.82) is 0 Å². The number of nitrogens with one attached hydrogen (secondary N) is 2. The van der Waals surface area contributed by atoms with Crippen molar-refractivity contribution in [3.05, 3.63) is 51.1 Å². The molecule has 1 aromatic heterocycles. The van der Waals surface area contributed by atoms with E-state index in [2.05, 4.69) is 14.9 Å². The van der Waals surface area contributed by atoms with Gasteiger partial charge in [0.05, 0.1) is 0 Å². The molecule has 0 spiro atoms. The van der Waals surface area contributed by atoms with Crippen LogP contribution in [-0.4, -0.2) is 40.3 Å². The molecule has 2 heterocycles. The smallest absolute Gasteiger partial charge is 0.391 e. The van der Waals surface area contributed by atoms with E-state index in [4.69, 9.17) is 27.6 Å². The molecule has 166 valence electrons. The van der Waals surface area contributed by atoms with E-state index >= 15 is 0 Å². The van der Waals surface area contributed by atoms with Crippen molar-refractivity contribution in [1.82, 2.24) is 19.2 Å². The van der Waals surface area contributed by atoms with Gasteiger partial charge in [-0.15, -0.1) is 28.3 Å². The monoisotopic (exact) mass is 480 g/mol. The van der Waals surface area contributed by atoms with Gasteiger partial charge in [0.2, 0.25) is 5.89 Å². The minimum absolute atomic E-state index is 0.117. The minimum atomic E-state index is -4.03. The maximum atomic E-state index is 14.7. The fraction of sp³-hybridized carbons (Fsp3) is 0.556. The number of rotatable bonds is 6. The molecule has 1 saturated heterocycles. The van der Waals surface area contributed by atoms with Crippen LogP contribution in [0.25, 0.3) is 0 Å². The maximum Gasteiger partial charge on any atom is 0.434 e. The normalized spacial score (nSPS) is 19.5. The number of alkyl halides is 2. The van der Waals surface area contributed by atoms with Crippen molar-refractivity contribution < 1.29 is 17.2 Å². The molecule has 30 heavy (non-hydrogen) atoms. The quantitative estimate of drug-likeness (QED) is 0.617. The van der Waals surface area contributed by atoms with E-state index in [-0.39, 0.29) is 31.8 Å². The van der Waals surface area contributed by atoms with Crippen molar-refractivity contribution in [3.8, 4) is 0 Å². The average molecular weight is 481 g/mol. The Balaban J connectivity index is 1.97. The Bertz CT molecular complexity index is 1080. The third-order valence-corrected chi connectivity index (χ3v) is 7.83. The number of nitrogens with zero attached hydrogens (tertiary/aromatic N) is 2. The van der Waals surface area contributed by atoms with Crippen LogP contribution in [0.4, 0.5) is 4.39 Å². The number of aryl methyl sites for hydroxylation is 1. The third kappa shape index (κ3) is 4.88. The molecular weight excluding hydrogens is 458 g/mol. The summed E-state index contributed by atoms with van der Waals surface area (Å²) in [4.78, 5) is 11.5. The molecule has 0 unspecified atom stereocenters. The standard InChI is InChI=1S/C18H23Cl2FN4O4S/c1-10-4-5-13(21)14(11(10)2)12(3)15(16-22-23-17(26)29-16)24-30(27,28)25-8-6-18(19,20)7-9-25/h4-5,12,15,24H,6-9H2,1-3H3,(H,23,26)/t12-,15-/m0/s1. The molecule has 0 aliphatic carbocycles. The van der Waals surface area contributed by atoms with Crippen LogP contribution in [0.1, 0.15) is 54.3 Å². The number of hydrogen-bond acceptors (Lipinski definition) is 5. The summed E-state index contributed by atoms with van der Waals surface area (Å²) >= 11 is 12.2. The van der Waals surface area contributed by atoms with Crippen molar-refractivity contribution >= 4 is 33.4 Å². The van der Waals surface area contributed by atoms with Gasteiger partial charge in [-0.05, 0) is 49.4 Å². The van der Waals surface area contributed by atoms with E-state index < -0.39 is 38.1 Å². The zero-order chi connectivity index (χ0) is 22.3. The molecule has 2 aromatic rings. The van der Waals surface area contributed by atoms with Crippen molar-refractivity contribution in [2.24, 2.45) is 0 Å². The summed E-state index contributed by atoms with van der Waals surface area (Å²) in [7, 11) is -4.03. The summed E-state index contributed by atoms with van der Waals surface area (Å²) in [6.45, 7) is 5.46. The SMILES string of the molecule is Cc1ccc(F)c([C@H](C)[C@H](NS(=O)(=O)N2CCC(Cl)(Cl)CC2)c2n[nH]c(=O)o2)c1C. The Morgan fingerprint density at radius 3 is 2.50 bits per heavy atom. The first-order chi connectivity index (χ1) is 13.9. The molecule has 2 atom stereocenters. The van der Waals surface area contributed by atoms with Gasteiger partial charge in [-0.1, -0.05) is 13.0 Å². The van der Waals surface area contributed by atoms with Gasteiger partial charge in [-0.25, -0.2) is 14.3 Å². The van der Waals surface area contributed by atoms with E-state index in [1.165, 1.54) is 10.4 Å². The van der Waals surface area contributed by atoms with Gasteiger partial charge >= 0.3 is 5.76 Å². The number of H-pyrrole nitrogens is 1. The second kappa shape index (κ2) is 8.58. The Labute approximate surface area is 183 Å². The van der Waals surface area contributed by atoms with Gasteiger partial charge in [0, 0.05) is 19.0 Å². The molecule has 0 radical (unpaired) electrons. The van der Waals surface area contributed by atoms with Crippen LogP contribution in [0.3, 0.4) is 0 Å². The molecule has 8 nitrogen and oxygen atoms in total. The first kappa shape index (κ1) is 23.2. The molecule has 0 saturated carbocycles. The van der Waals surface area contributed by atoms with E-state index in [9.17, 15) is 17.6 Å². The Morgan fingerprint density at radius 2 is 1.93 bits per heavy atom. The van der Waals surface area contributed by atoms with Crippen LogP contribution in [0.5, 0.6) is 0 Å². The predicted molar refractivity (Wildman–Crippen MR) is 111 cm³/mol. The fourth-order valence-corrected chi connectivity index (χ4v) is 5.34. The van der Waals surface area contributed by atoms with Gasteiger partial charge < -0.3 is 4.42 Å². The lowest BCUT2D eigenvalue weighted by atomic mass is 9.88. The molecule has 3 rings (SSSR count). The highest BCUT2D eigenvalue weighted by Crippen LogP contribution is 2.37. The number of aromatic nitrogens is 2. The average Bonchev–Trinajstić information content (AvgIpc) is 3.09. The molecule has 0 bridgehead atoms. The Kier molecular flexibility index (Phi) is 6.64. The summed E-state index contributed by atoms with van der Waals surface area (Å²) < 4.78 is 48.6. The van der Waals surface area contributed by atoms with E-state index in [0.29, 0.717) is 11.1 Å². The number of aromatic amines is 1. The molecule has 1 fully saturated rings. The molecule has 12 heteroatoms. The summed E-state index contributed by atoms with van der Waals surface area (Å²) in [5.41, 5.74) is 1.84. The van der Waals surface area contributed by atoms with Crippen molar-refractivity contribution in [3.63, 3.8) is 0 Å². The third-order valence-electron chi connectivity index (χ3n) is 5.48. The van der Waals surface area contributed by atoms with Crippen LogP contribution >= 0.6 is 23.2 Å². The van der Waals surface area contributed by atoms with E-state index in [1.807, 2.05) is 6.92 Å². The number of halogens is 3. The van der Waals surface area contributed by atoms with Crippen LogP contribution in [0.15, 0.2) is 21.3 Å². The topological polar surface area (TPSA) is 108 Å². The number of piperidine rings is 1. The number of hydrogen-bond donors (Lipinski definition) is 2. The van der Waals surface area contributed by atoms with Crippen molar-refractivity contribution in [2.75, 3.05) is 13.1 Å². The van der Waals surface area contributed by atoms with Crippen molar-refractivity contribution in [2.45, 2.75) is 49.9 Å². The molecule has 1 aromatic carbocycles. The van der Waals surface area contributed by atoms with Gasteiger partial charge in [-0.3, -0.25) is 0 Å². The first-order valence-corrected chi connectivity index (χ1v) is 11.6. The molecule has 1 aliphatic rings. The Hall–Kier alpha value is -1.46. The highest BCUT2D eigenvalue weighted by atomic mass is 35.5. The number of benzene rings is 1.